The Kier molecular flexibility index (Phi) is 5.80. The summed E-state index contributed by atoms with van der Waals surface area (Å²) in [6.45, 7) is 6.88. The fourth-order valence-corrected chi connectivity index (χ4v) is 4.85. The second-order valence-electron chi connectivity index (χ2n) is 7.76. The highest BCUT2D eigenvalue weighted by molar-refractivity contribution is 7.18. The number of anilines is 1. The van der Waals surface area contributed by atoms with Gasteiger partial charge in [-0.2, -0.15) is 0 Å². The molecular weight excluding hydrogens is 386 g/mol. The van der Waals surface area contributed by atoms with E-state index < -0.39 is 0 Å². The molecular formula is C21H27N5O2S. The molecule has 8 heteroatoms. The first-order valence-electron chi connectivity index (χ1n) is 10.2. The van der Waals surface area contributed by atoms with Crippen LogP contribution in [0.3, 0.4) is 0 Å². The van der Waals surface area contributed by atoms with Gasteiger partial charge in [0.15, 0.2) is 0 Å². The largest absolute Gasteiger partial charge is 0.354 e. The van der Waals surface area contributed by atoms with Crippen molar-refractivity contribution in [3.05, 3.63) is 28.4 Å². The smallest absolute Gasteiger partial charge is 0.249 e. The van der Waals surface area contributed by atoms with Gasteiger partial charge in [0.05, 0.1) is 10.2 Å². The summed E-state index contributed by atoms with van der Waals surface area (Å²) >= 11 is 1.64. The summed E-state index contributed by atoms with van der Waals surface area (Å²) < 4.78 is 1.05. The van der Waals surface area contributed by atoms with E-state index in [1.165, 1.54) is 12.0 Å². The lowest BCUT2D eigenvalue weighted by Gasteiger charge is -2.31. The molecule has 0 unspecified atom stereocenters. The predicted molar refractivity (Wildman–Crippen MR) is 115 cm³/mol. The fourth-order valence-electron chi connectivity index (χ4n) is 3.83. The molecule has 4 rings (SSSR count). The Morgan fingerprint density at radius 1 is 1.14 bits per heavy atom. The first kappa shape index (κ1) is 19.8. The fraction of sp³-hybridized carbons (Fsp3) is 0.524. The van der Waals surface area contributed by atoms with E-state index in [-0.39, 0.29) is 11.8 Å². The Bertz CT molecular complexity index is 961. The summed E-state index contributed by atoms with van der Waals surface area (Å²) in [5, 5.41) is 5.06. The van der Waals surface area contributed by atoms with E-state index in [1.54, 1.807) is 17.7 Å². The van der Waals surface area contributed by atoms with Crippen LogP contribution in [0.2, 0.25) is 0 Å². The molecule has 0 bridgehead atoms. The molecule has 2 aliphatic rings. The number of aryl methyl sites for hydroxylation is 1. The number of hydrogen-bond donors (Lipinski definition) is 1. The summed E-state index contributed by atoms with van der Waals surface area (Å²) in [6, 6.07) is 0. The van der Waals surface area contributed by atoms with Crippen molar-refractivity contribution in [2.24, 2.45) is 0 Å². The number of aromatic nitrogens is 2. The van der Waals surface area contributed by atoms with E-state index >= 15 is 0 Å². The quantitative estimate of drug-likeness (QED) is 0.766. The minimum atomic E-state index is -0.0154. The van der Waals surface area contributed by atoms with Crippen LogP contribution < -0.4 is 10.2 Å². The van der Waals surface area contributed by atoms with Gasteiger partial charge in [-0.3, -0.25) is 9.59 Å². The highest BCUT2D eigenvalue weighted by atomic mass is 32.1. The zero-order chi connectivity index (χ0) is 20.4. The lowest BCUT2D eigenvalue weighted by atomic mass is 9.88. The topological polar surface area (TPSA) is 78.4 Å². The maximum Gasteiger partial charge on any atom is 0.249 e. The SMILES string of the molecule is CC(C(=O)N1CCC(=O)NCCN(c2ncnc3c(C)csc23)CC1)=C1CCC1. The van der Waals surface area contributed by atoms with Gasteiger partial charge in [0, 0.05) is 44.7 Å². The van der Waals surface area contributed by atoms with Crippen molar-refractivity contribution < 1.29 is 9.59 Å². The Labute approximate surface area is 174 Å². The van der Waals surface area contributed by atoms with E-state index in [4.69, 9.17) is 0 Å². The van der Waals surface area contributed by atoms with E-state index in [9.17, 15) is 9.59 Å². The maximum absolute atomic E-state index is 13.1. The second kappa shape index (κ2) is 8.49. The van der Waals surface area contributed by atoms with Crippen LogP contribution in [-0.4, -0.2) is 59.4 Å². The average Bonchev–Trinajstić information content (AvgIpc) is 3.06. The lowest BCUT2D eigenvalue weighted by molar-refractivity contribution is -0.128. The molecule has 0 spiro atoms. The molecule has 1 aliphatic heterocycles. The third-order valence-electron chi connectivity index (χ3n) is 5.86. The Hall–Kier alpha value is -2.48. The minimum absolute atomic E-state index is 0.0154. The van der Waals surface area contributed by atoms with Gasteiger partial charge in [-0.15, -0.1) is 11.3 Å². The number of nitrogens with one attached hydrogen (secondary N) is 1. The third-order valence-corrected chi connectivity index (χ3v) is 6.94. The second-order valence-corrected chi connectivity index (χ2v) is 8.63. The molecule has 1 saturated heterocycles. The van der Waals surface area contributed by atoms with Crippen molar-refractivity contribution in [3.8, 4) is 0 Å². The Morgan fingerprint density at radius 3 is 2.72 bits per heavy atom. The first-order valence-corrected chi connectivity index (χ1v) is 11.1. The van der Waals surface area contributed by atoms with E-state index in [0.717, 1.165) is 40.0 Å². The summed E-state index contributed by atoms with van der Waals surface area (Å²) in [4.78, 5) is 38.2. The van der Waals surface area contributed by atoms with E-state index in [1.807, 2.05) is 11.8 Å². The molecule has 2 aromatic heterocycles. The van der Waals surface area contributed by atoms with Crippen LogP contribution in [0.1, 0.15) is 38.2 Å². The highest BCUT2D eigenvalue weighted by Crippen LogP contribution is 2.31. The molecule has 29 heavy (non-hydrogen) atoms. The number of rotatable bonds is 2. The summed E-state index contributed by atoms with van der Waals surface area (Å²) in [5.41, 5.74) is 4.24. The summed E-state index contributed by atoms with van der Waals surface area (Å²) in [5.74, 6) is 0.926. The van der Waals surface area contributed by atoms with Crippen molar-refractivity contribution in [3.63, 3.8) is 0 Å². The van der Waals surface area contributed by atoms with Gasteiger partial charge in [-0.05, 0) is 44.1 Å². The molecule has 3 heterocycles. The number of allylic oxidation sites excluding steroid dienone is 1. The van der Waals surface area contributed by atoms with Crippen LogP contribution >= 0.6 is 11.3 Å². The maximum atomic E-state index is 13.1. The van der Waals surface area contributed by atoms with Crippen molar-refractivity contribution in [2.45, 2.75) is 39.5 Å². The van der Waals surface area contributed by atoms with Gasteiger partial charge in [-0.1, -0.05) is 5.57 Å². The third kappa shape index (κ3) is 4.12. The number of carbonyl (C=O) groups is 2. The van der Waals surface area contributed by atoms with Crippen LogP contribution in [0.4, 0.5) is 5.82 Å². The van der Waals surface area contributed by atoms with Gasteiger partial charge in [0.2, 0.25) is 11.8 Å². The number of nitrogens with zero attached hydrogens (tertiary/aromatic N) is 4. The van der Waals surface area contributed by atoms with Crippen LogP contribution in [0, 0.1) is 6.92 Å². The molecule has 2 amide bonds. The summed E-state index contributed by atoms with van der Waals surface area (Å²) in [7, 11) is 0. The van der Waals surface area contributed by atoms with Crippen molar-refractivity contribution in [1.29, 1.82) is 0 Å². The molecule has 1 N–H and O–H groups in total. The predicted octanol–water partition coefficient (Wildman–Crippen LogP) is 2.66. The average molecular weight is 414 g/mol. The molecule has 0 atom stereocenters. The number of carbonyl (C=O) groups excluding carboxylic acids is 2. The molecule has 1 saturated carbocycles. The molecule has 154 valence electrons. The van der Waals surface area contributed by atoms with E-state index in [0.29, 0.717) is 39.1 Å². The molecule has 2 fully saturated rings. The lowest BCUT2D eigenvalue weighted by Crippen LogP contribution is -2.45. The number of amides is 2. The Morgan fingerprint density at radius 2 is 1.97 bits per heavy atom. The monoisotopic (exact) mass is 413 g/mol. The molecule has 1 aliphatic carbocycles. The molecule has 0 radical (unpaired) electrons. The van der Waals surface area contributed by atoms with Gasteiger partial charge in [-0.25, -0.2) is 9.97 Å². The first-order chi connectivity index (χ1) is 14.0. The van der Waals surface area contributed by atoms with E-state index in [2.05, 4.69) is 32.5 Å². The molecule has 0 aromatic carbocycles. The minimum Gasteiger partial charge on any atom is -0.354 e. The van der Waals surface area contributed by atoms with Gasteiger partial charge < -0.3 is 15.1 Å². The van der Waals surface area contributed by atoms with Crippen molar-refractivity contribution in [2.75, 3.05) is 37.6 Å². The number of thiophene rings is 1. The standard InChI is InChI=1S/C21H27N5O2S/c1-14-12-29-19-18(14)23-13-24-20(19)25-9-7-22-17(27)6-8-26(11-10-25)21(28)15(2)16-4-3-5-16/h12-13H,3-11H2,1-2H3,(H,22,27). The number of fused-ring (bicyclic) bond motifs is 1. The zero-order valence-corrected chi connectivity index (χ0v) is 17.8. The Balaban J connectivity index is 1.59. The van der Waals surface area contributed by atoms with Gasteiger partial charge in [0.1, 0.15) is 12.1 Å². The van der Waals surface area contributed by atoms with Crippen LogP contribution in [0.5, 0.6) is 0 Å². The van der Waals surface area contributed by atoms with Gasteiger partial charge >= 0.3 is 0 Å². The molecule has 2 aromatic rings. The zero-order valence-electron chi connectivity index (χ0n) is 17.0. The highest BCUT2D eigenvalue weighted by Gasteiger charge is 2.24. The normalized spacial score (nSPS) is 18.4. The van der Waals surface area contributed by atoms with Crippen LogP contribution in [0.25, 0.3) is 10.2 Å². The van der Waals surface area contributed by atoms with Crippen molar-refractivity contribution >= 4 is 39.2 Å². The van der Waals surface area contributed by atoms with Gasteiger partial charge in [0.25, 0.3) is 0 Å². The molecule has 7 nitrogen and oxygen atoms in total. The number of hydrogen-bond acceptors (Lipinski definition) is 6. The van der Waals surface area contributed by atoms with Crippen LogP contribution in [-0.2, 0) is 9.59 Å². The van der Waals surface area contributed by atoms with Crippen LogP contribution in [0.15, 0.2) is 22.9 Å². The summed E-state index contributed by atoms with van der Waals surface area (Å²) in [6.07, 6.45) is 5.16. The van der Waals surface area contributed by atoms with Crippen molar-refractivity contribution in [1.82, 2.24) is 20.2 Å².